The fraction of sp³-hybridized carbons (Fsp3) is 0.429. The molecule has 10 heteroatoms. The van der Waals surface area contributed by atoms with Gasteiger partial charge in [-0.15, -0.1) is 11.8 Å². The molecule has 2 aromatic rings. The summed E-state index contributed by atoms with van der Waals surface area (Å²) in [6.07, 6.45) is 5.59. The van der Waals surface area contributed by atoms with Crippen LogP contribution in [0.5, 0.6) is 0 Å². The van der Waals surface area contributed by atoms with E-state index in [0.29, 0.717) is 29.4 Å². The number of fused-ring (bicyclic) bond motifs is 1. The molecular weight excluding hydrogens is 438 g/mol. The molecular formula is C21H25N3O5S2. The van der Waals surface area contributed by atoms with Gasteiger partial charge in [-0.1, -0.05) is 12.8 Å². The SMILES string of the molecule is CN(Cc1ccco1)S(=O)(=O)c1ccc2c(c1)NC(=O)[C@H](C(=O)N1CCCCCC1)S2. The first kappa shape index (κ1) is 21.9. The summed E-state index contributed by atoms with van der Waals surface area (Å²) in [5, 5.41) is 1.88. The van der Waals surface area contributed by atoms with Crippen molar-refractivity contribution in [2.24, 2.45) is 0 Å². The van der Waals surface area contributed by atoms with Crippen molar-refractivity contribution in [3.8, 4) is 0 Å². The summed E-state index contributed by atoms with van der Waals surface area (Å²) in [6.45, 7) is 1.45. The Morgan fingerprint density at radius 1 is 1.23 bits per heavy atom. The van der Waals surface area contributed by atoms with E-state index in [1.165, 1.54) is 41.5 Å². The molecule has 1 fully saturated rings. The van der Waals surface area contributed by atoms with Gasteiger partial charge in [0.05, 0.1) is 23.4 Å². The van der Waals surface area contributed by atoms with Crippen LogP contribution in [0.2, 0.25) is 0 Å². The standard InChI is InChI=1S/C21H25N3O5S2/c1-23(14-15-7-6-12-29-15)31(27,28)16-8-9-18-17(13-16)22-20(25)19(30-18)21(26)24-10-4-2-3-5-11-24/h6-9,12-13,19H,2-5,10-11,14H2,1H3,(H,22,25)/t19-/m1/s1. The molecule has 0 saturated carbocycles. The Bertz CT molecular complexity index is 1060. The highest BCUT2D eigenvalue weighted by Gasteiger charge is 2.36. The average Bonchev–Trinajstić information content (AvgIpc) is 3.11. The Hall–Kier alpha value is -2.30. The third-order valence-corrected chi connectivity index (χ3v) is 8.56. The second-order valence-electron chi connectivity index (χ2n) is 7.73. The molecule has 1 atom stereocenters. The van der Waals surface area contributed by atoms with Gasteiger partial charge in [-0.2, -0.15) is 4.31 Å². The Morgan fingerprint density at radius 3 is 2.65 bits per heavy atom. The fourth-order valence-electron chi connectivity index (χ4n) is 3.76. The van der Waals surface area contributed by atoms with Gasteiger partial charge >= 0.3 is 0 Å². The van der Waals surface area contributed by atoms with E-state index in [1.54, 1.807) is 23.1 Å². The zero-order chi connectivity index (χ0) is 22.0. The zero-order valence-corrected chi connectivity index (χ0v) is 18.9. The van der Waals surface area contributed by atoms with Crippen LogP contribution in [-0.2, 0) is 26.2 Å². The lowest BCUT2D eigenvalue weighted by molar-refractivity contribution is -0.133. The predicted molar refractivity (Wildman–Crippen MR) is 117 cm³/mol. The minimum Gasteiger partial charge on any atom is -0.468 e. The van der Waals surface area contributed by atoms with Crippen molar-refractivity contribution >= 4 is 39.3 Å². The quantitative estimate of drug-likeness (QED) is 0.685. The summed E-state index contributed by atoms with van der Waals surface area (Å²) in [6, 6.07) is 8.00. The Balaban J connectivity index is 1.51. The minimum atomic E-state index is -3.78. The van der Waals surface area contributed by atoms with Gasteiger partial charge in [0.15, 0.2) is 5.25 Å². The first-order valence-electron chi connectivity index (χ1n) is 10.3. The number of carbonyl (C=O) groups excluding carboxylic acids is 2. The van der Waals surface area contributed by atoms with Crippen LogP contribution in [-0.4, -0.2) is 54.8 Å². The molecule has 1 N–H and O–H groups in total. The van der Waals surface area contributed by atoms with E-state index >= 15 is 0 Å². The van der Waals surface area contributed by atoms with Crippen molar-refractivity contribution in [3.63, 3.8) is 0 Å². The van der Waals surface area contributed by atoms with Gasteiger partial charge in [0.1, 0.15) is 5.76 Å². The molecule has 1 saturated heterocycles. The second kappa shape index (κ2) is 9.05. The number of thioether (sulfide) groups is 1. The number of rotatable bonds is 5. The summed E-state index contributed by atoms with van der Waals surface area (Å²) < 4.78 is 32.3. The molecule has 3 heterocycles. The lowest BCUT2D eigenvalue weighted by Gasteiger charge is -2.29. The van der Waals surface area contributed by atoms with Gasteiger partial charge in [-0.3, -0.25) is 9.59 Å². The fourth-order valence-corrected chi connectivity index (χ4v) is 5.97. The number of benzene rings is 1. The maximum absolute atomic E-state index is 12.9. The van der Waals surface area contributed by atoms with E-state index < -0.39 is 21.2 Å². The van der Waals surface area contributed by atoms with E-state index in [2.05, 4.69) is 5.32 Å². The highest BCUT2D eigenvalue weighted by Crippen LogP contribution is 2.38. The maximum atomic E-state index is 12.9. The maximum Gasteiger partial charge on any atom is 0.247 e. The molecule has 1 aromatic heterocycles. The topological polar surface area (TPSA) is 99.9 Å². The van der Waals surface area contributed by atoms with E-state index in [0.717, 1.165) is 25.7 Å². The van der Waals surface area contributed by atoms with E-state index in [4.69, 9.17) is 4.42 Å². The van der Waals surface area contributed by atoms with Crippen LogP contribution in [0.25, 0.3) is 0 Å². The third-order valence-electron chi connectivity index (χ3n) is 5.50. The van der Waals surface area contributed by atoms with Crippen molar-refractivity contribution in [2.45, 2.75) is 47.3 Å². The number of likely N-dealkylation sites (tertiary alicyclic amines) is 1. The summed E-state index contributed by atoms with van der Waals surface area (Å²) in [5.74, 6) is -0.0575. The number of sulfonamides is 1. The highest BCUT2D eigenvalue weighted by molar-refractivity contribution is 8.01. The van der Waals surface area contributed by atoms with Gasteiger partial charge in [0.2, 0.25) is 21.8 Å². The lowest BCUT2D eigenvalue weighted by atomic mass is 10.2. The number of hydrogen-bond acceptors (Lipinski definition) is 6. The number of amides is 2. The highest BCUT2D eigenvalue weighted by atomic mass is 32.2. The van der Waals surface area contributed by atoms with Crippen LogP contribution >= 0.6 is 11.8 Å². The summed E-state index contributed by atoms with van der Waals surface area (Å²) in [5.41, 5.74) is 0.405. The first-order valence-corrected chi connectivity index (χ1v) is 12.6. The van der Waals surface area contributed by atoms with Crippen molar-refractivity contribution in [2.75, 3.05) is 25.5 Å². The molecule has 8 nitrogen and oxygen atoms in total. The number of nitrogens with one attached hydrogen (secondary N) is 1. The monoisotopic (exact) mass is 463 g/mol. The first-order chi connectivity index (χ1) is 14.9. The average molecular weight is 464 g/mol. The lowest BCUT2D eigenvalue weighted by Crippen LogP contribution is -2.45. The Morgan fingerprint density at radius 2 is 1.97 bits per heavy atom. The van der Waals surface area contributed by atoms with Gasteiger partial charge in [-0.25, -0.2) is 8.42 Å². The molecule has 2 amide bonds. The predicted octanol–water partition coefficient (Wildman–Crippen LogP) is 2.92. The molecule has 0 unspecified atom stereocenters. The molecule has 2 aliphatic rings. The van der Waals surface area contributed by atoms with Gasteiger partial charge in [0.25, 0.3) is 0 Å². The molecule has 166 valence electrons. The van der Waals surface area contributed by atoms with Crippen LogP contribution in [0.4, 0.5) is 5.69 Å². The second-order valence-corrected chi connectivity index (χ2v) is 10.9. The van der Waals surface area contributed by atoms with Gasteiger partial charge in [0, 0.05) is 25.0 Å². The van der Waals surface area contributed by atoms with Crippen molar-refractivity contribution < 1.29 is 22.4 Å². The van der Waals surface area contributed by atoms with Gasteiger partial charge in [-0.05, 0) is 43.2 Å². The number of carbonyl (C=O) groups is 2. The molecule has 31 heavy (non-hydrogen) atoms. The molecule has 1 aromatic carbocycles. The molecule has 2 aliphatic heterocycles. The van der Waals surface area contributed by atoms with Crippen LogP contribution in [0, 0.1) is 0 Å². The van der Waals surface area contributed by atoms with Crippen LogP contribution in [0.1, 0.15) is 31.4 Å². The molecule has 0 spiro atoms. The third kappa shape index (κ3) is 4.65. The Kier molecular flexibility index (Phi) is 6.40. The largest absolute Gasteiger partial charge is 0.468 e. The number of nitrogens with zero attached hydrogens (tertiary/aromatic N) is 2. The molecule has 4 rings (SSSR count). The summed E-state index contributed by atoms with van der Waals surface area (Å²) in [4.78, 5) is 28.1. The zero-order valence-electron chi connectivity index (χ0n) is 17.2. The molecule has 0 aliphatic carbocycles. The van der Waals surface area contributed by atoms with E-state index in [1.807, 2.05) is 0 Å². The number of furan rings is 1. The number of hydrogen-bond donors (Lipinski definition) is 1. The summed E-state index contributed by atoms with van der Waals surface area (Å²) in [7, 11) is -2.31. The normalized spacial score (nSPS) is 19.6. The Labute approximate surface area is 186 Å². The van der Waals surface area contributed by atoms with E-state index in [-0.39, 0.29) is 17.3 Å². The van der Waals surface area contributed by atoms with Crippen molar-refractivity contribution in [1.82, 2.24) is 9.21 Å². The summed E-state index contributed by atoms with van der Waals surface area (Å²) >= 11 is 1.18. The van der Waals surface area contributed by atoms with E-state index in [9.17, 15) is 18.0 Å². The minimum absolute atomic E-state index is 0.0681. The smallest absolute Gasteiger partial charge is 0.247 e. The van der Waals surface area contributed by atoms with Crippen LogP contribution < -0.4 is 5.32 Å². The number of anilines is 1. The molecule has 0 radical (unpaired) electrons. The van der Waals surface area contributed by atoms with Crippen LogP contribution in [0.15, 0.2) is 50.8 Å². The van der Waals surface area contributed by atoms with Gasteiger partial charge < -0.3 is 14.6 Å². The van der Waals surface area contributed by atoms with Crippen molar-refractivity contribution in [1.29, 1.82) is 0 Å². The van der Waals surface area contributed by atoms with Crippen molar-refractivity contribution in [3.05, 3.63) is 42.4 Å². The van der Waals surface area contributed by atoms with Crippen LogP contribution in [0.3, 0.4) is 0 Å². The molecule has 0 bridgehead atoms.